The van der Waals surface area contributed by atoms with Crippen molar-refractivity contribution in [2.45, 2.75) is 51.6 Å². The van der Waals surface area contributed by atoms with Gasteiger partial charge in [-0.3, -0.25) is 0 Å². The molecule has 4 nitrogen and oxygen atoms in total. The molecule has 0 aromatic heterocycles. The topological polar surface area (TPSA) is 52.6 Å². The van der Waals surface area contributed by atoms with Crippen molar-refractivity contribution in [3.8, 4) is 0 Å². The number of likely N-dealkylation sites (tertiary alicyclic amines) is 1. The predicted octanol–water partition coefficient (Wildman–Crippen LogP) is 1.34. The zero-order valence-electron chi connectivity index (χ0n) is 9.70. The van der Waals surface area contributed by atoms with E-state index in [0.29, 0.717) is 6.42 Å². The van der Waals surface area contributed by atoms with Crippen molar-refractivity contribution in [2.24, 2.45) is 0 Å². The quantitative estimate of drug-likeness (QED) is 0.745. The van der Waals surface area contributed by atoms with E-state index in [1.807, 2.05) is 18.7 Å². The molecule has 2 N–H and O–H groups in total. The van der Waals surface area contributed by atoms with E-state index >= 15 is 0 Å². The van der Waals surface area contributed by atoms with Gasteiger partial charge in [0.15, 0.2) is 0 Å². The van der Waals surface area contributed by atoms with E-state index in [1.165, 1.54) is 0 Å². The van der Waals surface area contributed by atoms with Crippen molar-refractivity contribution < 1.29 is 9.90 Å². The molecule has 2 amide bonds. The van der Waals surface area contributed by atoms with Crippen LogP contribution in [0.2, 0.25) is 0 Å². The second-order valence-corrected chi connectivity index (χ2v) is 4.46. The lowest BCUT2D eigenvalue weighted by Gasteiger charge is -2.36. The van der Waals surface area contributed by atoms with Crippen LogP contribution in [0.25, 0.3) is 0 Å². The molecule has 88 valence electrons. The van der Waals surface area contributed by atoms with Gasteiger partial charge in [0.05, 0.1) is 0 Å². The highest BCUT2D eigenvalue weighted by molar-refractivity contribution is 5.74. The molecule has 1 rings (SSSR count). The summed E-state index contributed by atoms with van der Waals surface area (Å²) in [6, 6.07) is 0.417. The number of piperidine rings is 1. The molecule has 0 aromatic carbocycles. The van der Waals surface area contributed by atoms with Crippen molar-refractivity contribution in [1.82, 2.24) is 10.2 Å². The third kappa shape index (κ3) is 3.70. The molecule has 1 aliphatic heterocycles. The summed E-state index contributed by atoms with van der Waals surface area (Å²) in [6.07, 6.45) is 3.96. The summed E-state index contributed by atoms with van der Waals surface area (Å²) in [4.78, 5) is 13.7. The minimum absolute atomic E-state index is 0.0168. The fourth-order valence-electron chi connectivity index (χ4n) is 2.05. The molecule has 1 atom stereocenters. The van der Waals surface area contributed by atoms with Gasteiger partial charge < -0.3 is 15.3 Å². The van der Waals surface area contributed by atoms with Crippen molar-refractivity contribution in [1.29, 1.82) is 0 Å². The fourth-order valence-corrected chi connectivity index (χ4v) is 2.05. The van der Waals surface area contributed by atoms with Gasteiger partial charge in [-0.05, 0) is 39.5 Å². The van der Waals surface area contributed by atoms with Gasteiger partial charge >= 0.3 is 6.03 Å². The number of rotatable bonds is 3. The number of nitrogens with zero attached hydrogens (tertiary/aromatic N) is 1. The van der Waals surface area contributed by atoms with Crippen molar-refractivity contribution in [3.63, 3.8) is 0 Å². The smallest absolute Gasteiger partial charge is 0.317 e. The van der Waals surface area contributed by atoms with Gasteiger partial charge in [-0.2, -0.15) is 0 Å². The Morgan fingerprint density at radius 3 is 2.87 bits per heavy atom. The van der Waals surface area contributed by atoms with E-state index in [-0.39, 0.29) is 24.7 Å². The third-order valence-electron chi connectivity index (χ3n) is 2.76. The SMILES string of the molecule is CC(C)NC(=O)N1CCCCC1CCO. The van der Waals surface area contributed by atoms with E-state index in [1.54, 1.807) is 0 Å². The average molecular weight is 214 g/mol. The largest absolute Gasteiger partial charge is 0.396 e. The van der Waals surface area contributed by atoms with Crippen molar-refractivity contribution in [3.05, 3.63) is 0 Å². The first-order valence-corrected chi connectivity index (χ1v) is 5.83. The summed E-state index contributed by atoms with van der Waals surface area (Å²) < 4.78 is 0. The molecule has 1 unspecified atom stereocenters. The molecule has 0 spiro atoms. The molecular weight excluding hydrogens is 192 g/mol. The van der Waals surface area contributed by atoms with E-state index in [2.05, 4.69) is 5.32 Å². The molecule has 1 fully saturated rings. The van der Waals surface area contributed by atoms with Gasteiger partial charge in [-0.25, -0.2) is 4.79 Å². The second kappa shape index (κ2) is 5.95. The van der Waals surface area contributed by atoms with E-state index < -0.39 is 0 Å². The molecule has 1 aliphatic rings. The monoisotopic (exact) mass is 214 g/mol. The molecule has 1 heterocycles. The highest BCUT2D eigenvalue weighted by Crippen LogP contribution is 2.19. The lowest BCUT2D eigenvalue weighted by Crippen LogP contribution is -2.50. The summed E-state index contributed by atoms with van der Waals surface area (Å²) in [5.41, 5.74) is 0. The van der Waals surface area contributed by atoms with Crippen LogP contribution in [0.5, 0.6) is 0 Å². The maximum absolute atomic E-state index is 11.8. The Kier molecular flexibility index (Phi) is 4.88. The van der Waals surface area contributed by atoms with Crippen LogP contribution in [0.4, 0.5) is 4.79 Å². The Labute approximate surface area is 91.6 Å². The highest BCUT2D eigenvalue weighted by Gasteiger charge is 2.26. The van der Waals surface area contributed by atoms with Crippen LogP contribution in [-0.2, 0) is 0 Å². The van der Waals surface area contributed by atoms with Gasteiger partial charge in [-0.15, -0.1) is 0 Å². The summed E-state index contributed by atoms with van der Waals surface area (Å²) in [6.45, 7) is 4.91. The van der Waals surface area contributed by atoms with Gasteiger partial charge in [0, 0.05) is 25.2 Å². The normalized spacial score (nSPS) is 21.9. The summed E-state index contributed by atoms with van der Waals surface area (Å²) in [5, 5.41) is 11.8. The third-order valence-corrected chi connectivity index (χ3v) is 2.76. The fraction of sp³-hybridized carbons (Fsp3) is 0.909. The van der Waals surface area contributed by atoms with Crippen LogP contribution in [0.3, 0.4) is 0 Å². The first kappa shape index (κ1) is 12.3. The van der Waals surface area contributed by atoms with Crippen molar-refractivity contribution in [2.75, 3.05) is 13.2 Å². The molecule has 1 saturated heterocycles. The number of aliphatic hydroxyl groups is 1. The molecule has 0 aromatic rings. The van der Waals surface area contributed by atoms with Crippen LogP contribution >= 0.6 is 0 Å². The maximum Gasteiger partial charge on any atom is 0.317 e. The van der Waals surface area contributed by atoms with E-state index in [0.717, 1.165) is 25.8 Å². The number of carbonyl (C=O) groups is 1. The minimum Gasteiger partial charge on any atom is -0.396 e. The molecule has 0 bridgehead atoms. The molecule has 4 heteroatoms. The van der Waals surface area contributed by atoms with Gasteiger partial charge in [0.1, 0.15) is 0 Å². The lowest BCUT2D eigenvalue weighted by atomic mass is 10.0. The van der Waals surface area contributed by atoms with Crippen LogP contribution in [0, 0.1) is 0 Å². The minimum atomic E-state index is 0.0168. The van der Waals surface area contributed by atoms with Crippen LogP contribution in [-0.4, -0.2) is 41.3 Å². The van der Waals surface area contributed by atoms with Crippen molar-refractivity contribution >= 4 is 6.03 Å². The number of hydrogen-bond acceptors (Lipinski definition) is 2. The number of nitrogens with one attached hydrogen (secondary N) is 1. The summed E-state index contributed by atoms with van der Waals surface area (Å²) >= 11 is 0. The molecule has 15 heavy (non-hydrogen) atoms. The predicted molar refractivity (Wildman–Crippen MR) is 59.7 cm³/mol. The van der Waals surface area contributed by atoms with Gasteiger partial charge in [0.25, 0.3) is 0 Å². The zero-order chi connectivity index (χ0) is 11.3. The zero-order valence-corrected chi connectivity index (χ0v) is 9.70. The van der Waals surface area contributed by atoms with E-state index in [4.69, 9.17) is 5.11 Å². The first-order chi connectivity index (χ1) is 7.15. The molecule has 0 radical (unpaired) electrons. The van der Waals surface area contributed by atoms with Crippen LogP contribution < -0.4 is 5.32 Å². The van der Waals surface area contributed by atoms with Crippen LogP contribution in [0.15, 0.2) is 0 Å². The number of carbonyl (C=O) groups excluding carboxylic acids is 1. The maximum atomic E-state index is 11.8. The Morgan fingerprint density at radius 2 is 2.27 bits per heavy atom. The second-order valence-electron chi connectivity index (χ2n) is 4.46. The number of amides is 2. The van der Waals surface area contributed by atoms with Crippen LogP contribution in [0.1, 0.15) is 39.5 Å². The van der Waals surface area contributed by atoms with E-state index in [9.17, 15) is 4.79 Å². The first-order valence-electron chi connectivity index (χ1n) is 5.83. The molecule has 0 saturated carbocycles. The standard InChI is InChI=1S/C11H22N2O2/c1-9(2)12-11(15)13-7-4-3-5-10(13)6-8-14/h9-10,14H,3-8H2,1-2H3,(H,12,15). The summed E-state index contributed by atoms with van der Waals surface area (Å²) in [5.74, 6) is 0. The number of hydrogen-bond donors (Lipinski definition) is 2. The molecular formula is C11H22N2O2. The highest BCUT2D eigenvalue weighted by atomic mass is 16.3. The lowest BCUT2D eigenvalue weighted by molar-refractivity contribution is 0.130. The van der Waals surface area contributed by atoms with Gasteiger partial charge in [0.2, 0.25) is 0 Å². The van der Waals surface area contributed by atoms with Gasteiger partial charge in [-0.1, -0.05) is 0 Å². The Bertz CT molecular complexity index is 205. The molecule has 0 aliphatic carbocycles. The number of urea groups is 1. The Morgan fingerprint density at radius 1 is 1.53 bits per heavy atom. The Balaban J connectivity index is 2.51. The summed E-state index contributed by atoms with van der Waals surface area (Å²) in [7, 11) is 0. The Hall–Kier alpha value is -0.770. The average Bonchev–Trinajstić information content (AvgIpc) is 2.18. The number of aliphatic hydroxyl groups excluding tert-OH is 1.